The molecule has 0 bridgehead atoms. The van der Waals surface area contributed by atoms with Gasteiger partial charge in [-0.2, -0.15) is 0 Å². The molecule has 2 heterocycles. The maximum absolute atomic E-state index is 12.2. The third-order valence-corrected chi connectivity index (χ3v) is 6.80. The Morgan fingerprint density at radius 2 is 1.92 bits per heavy atom. The third-order valence-electron chi connectivity index (χ3n) is 5.86. The van der Waals surface area contributed by atoms with Crippen LogP contribution in [-0.4, -0.2) is 81.6 Å². The number of likely N-dealkylation sites (tertiary alicyclic amines) is 1. The Morgan fingerprint density at radius 3 is 2.40 bits per heavy atom. The van der Waals surface area contributed by atoms with Crippen molar-refractivity contribution in [1.82, 2.24) is 9.80 Å². The molecule has 2 fully saturated rings. The van der Waals surface area contributed by atoms with Crippen molar-refractivity contribution in [3.63, 3.8) is 0 Å². The SMILES string of the molecule is CC(C)N(C)CC1CCC2(CCN(C(=O)CCS(C)(=O)=O)CC2)CO1. The van der Waals surface area contributed by atoms with Gasteiger partial charge >= 0.3 is 0 Å². The average Bonchev–Trinajstić information content (AvgIpc) is 2.55. The Kier molecular flexibility index (Phi) is 6.90. The second-order valence-corrected chi connectivity index (χ2v) is 10.5. The molecule has 1 unspecified atom stereocenters. The molecular formula is C18H34N2O4S. The van der Waals surface area contributed by atoms with Crippen LogP contribution in [0, 0.1) is 5.41 Å². The van der Waals surface area contributed by atoms with Crippen LogP contribution < -0.4 is 0 Å². The molecule has 2 aliphatic heterocycles. The summed E-state index contributed by atoms with van der Waals surface area (Å²) >= 11 is 0. The normalized spacial score (nSPS) is 24.2. The van der Waals surface area contributed by atoms with Gasteiger partial charge in [0, 0.05) is 38.4 Å². The summed E-state index contributed by atoms with van der Waals surface area (Å²) in [5.74, 6) is -0.0878. The highest BCUT2D eigenvalue weighted by atomic mass is 32.2. The number of likely N-dealkylation sites (N-methyl/N-ethyl adjacent to an activating group) is 1. The van der Waals surface area contributed by atoms with Crippen molar-refractivity contribution in [3.8, 4) is 0 Å². The minimum Gasteiger partial charge on any atom is -0.376 e. The molecule has 1 atom stereocenters. The smallest absolute Gasteiger partial charge is 0.223 e. The van der Waals surface area contributed by atoms with Gasteiger partial charge in [-0.25, -0.2) is 8.42 Å². The van der Waals surface area contributed by atoms with E-state index in [4.69, 9.17) is 4.74 Å². The molecule has 1 amide bonds. The van der Waals surface area contributed by atoms with E-state index < -0.39 is 9.84 Å². The van der Waals surface area contributed by atoms with E-state index in [-0.39, 0.29) is 23.5 Å². The Morgan fingerprint density at radius 1 is 1.28 bits per heavy atom. The standard InChI is InChI=1S/C18H34N2O4S/c1-15(2)19(3)13-16-5-7-18(14-24-16)8-10-20(11-9-18)17(21)6-12-25(4,22)23/h15-16H,5-14H2,1-4H3. The molecule has 2 aliphatic rings. The summed E-state index contributed by atoms with van der Waals surface area (Å²) < 4.78 is 28.6. The molecule has 7 heteroatoms. The number of carbonyl (C=O) groups excluding carboxylic acids is 1. The fourth-order valence-electron chi connectivity index (χ4n) is 3.65. The molecule has 0 aromatic rings. The lowest BCUT2D eigenvalue weighted by Crippen LogP contribution is -2.49. The first-order valence-electron chi connectivity index (χ1n) is 9.38. The van der Waals surface area contributed by atoms with Gasteiger partial charge in [0.25, 0.3) is 0 Å². The lowest BCUT2D eigenvalue weighted by atomic mass is 9.73. The van der Waals surface area contributed by atoms with Gasteiger partial charge in [-0.05, 0) is 52.0 Å². The lowest BCUT2D eigenvalue weighted by Gasteiger charge is -2.46. The van der Waals surface area contributed by atoms with Gasteiger partial charge < -0.3 is 14.5 Å². The van der Waals surface area contributed by atoms with E-state index in [2.05, 4.69) is 25.8 Å². The van der Waals surface area contributed by atoms with Crippen molar-refractivity contribution in [1.29, 1.82) is 0 Å². The average molecular weight is 375 g/mol. The quantitative estimate of drug-likeness (QED) is 0.706. The summed E-state index contributed by atoms with van der Waals surface area (Å²) in [4.78, 5) is 16.3. The first kappa shape index (κ1) is 20.6. The zero-order chi connectivity index (χ0) is 18.7. The van der Waals surface area contributed by atoms with Gasteiger partial charge in [0.1, 0.15) is 9.84 Å². The molecular weight excluding hydrogens is 340 g/mol. The molecule has 0 N–H and O–H groups in total. The summed E-state index contributed by atoms with van der Waals surface area (Å²) in [7, 11) is -0.941. The van der Waals surface area contributed by atoms with Crippen LogP contribution in [0.25, 0.3) is 0 Å². The summed E-state index contributed by atoms with van der Waals surface area (Å²) in [5.41, 5.74) is 0.209. The second kappa shape index (κ2) is 8.35. The third kappa shape index (κ3) is 6.22. The molecule has 0 radical (unpaired) electrons. The van der Waals surface area contributed by atoms with Crippen molar-refractivity contribution >= 4 is 15.7 Å². The minimum absolute atomic E-state index is 0.0339. The van der Waals surface area contributed by atoms with Crippen LogP contribution in [-0.2, 0) is 19.4 Å². The van der Waals surface area contributed by atoms with Crippen LogP contribution in [0.2, 0.25) is 0 Å². The Labute approximate surface area is 152 Å². The first-order chi connectivity index (χ1) is 11.6. The van der Waals surface area contributed by atoms with Crippen molar-refractivity contribution in [2.45, 2.75) is 58.1 Å². The van der Waals surface area contributed by atoms with Crippen LogP contribution in [0.5, 0.6) is 0 Å². The summed E-state index contributed by atoms with van der Waals surface area (Å²) in [5, 5.41) is 0. The molecule has 0 aliphatic carbocycles. The van der Waals surface area contributed by atoms with E-state index in [0.29, 0.717) is 12.1 Å². The van der Waals surface area contributed by atoms with Gasteiger partial charge in [-0.3, -0.25) is 4.79 Å². The van der Waals surface area contributed by atoms with Crippen molar-refractivity contribution < 1.29 is 17.9 Å². The number of sulfone groups is 1. The highest BCUT2D eigenvalue weighted by molar-refractivity contribution is 7.90. The van der Waals surface area contributed by atoms with E-state index in [0.717, 1.165) is 51.9 Å². The molecule has 25 heavy (non-hydrogen) atoms. The topological polar surface area (TPSA) is 66.9 Å². The fraction of sp³-hybridized carbons (Fsp3) is 0.944. The number of rotatable bonds is 6. The molecule has 1 spiro atoms. The highest BCUT2D eigenvalue weighted by Crippen LogP contribution is 2.40. The van der Waals surface area contributed by atoms with E-state index >= 15 is 0 Å². The molecule has 2 rings (SSSR count). The summed E-state index contributed by atoms with van der Waals surface area (Å²) in [6.45, 7) is 7.60. The van der Waals surface area contributed by atoms with E-state index in [1.807, 2.05) is 4.90 Å². The summed E-state index contributed by atoms with van der Waals surface area (Å²) in [6, 6.07) is 0.528. The maximum atomic E-state index is 12.2. The number of hydrogen-bond donors (Lipinski definition) is 0. The zero-order valence-electron chi connectivity index (χ0n) is 16.2. The monoisotopic (exact) mass is 374 g/mol. The largest absolute Gasteiger partial charge is 0.376 e. The minimum atomic E-state index is -3.08. The highest BCUT2D eigenvalue weighted by Gasteiger charge is 2.39. The number of amides is 1. The van der Waals surface area contributed by atoms with Crippen LogP contribution in [0.15, 0.2) is 0 Å². The number of hydrogen-bond acceptors (Lipinski definition) is 5. The van der Waals surface area contributed by atoms with Crippen molar-refractivity contribution in [2.24, 2.45) is 5.41 Å². The molecule has 0 saturated carbocycles. The van der Waals surface area contributed by atoms with Gasteiger partial charge in [-0.1, -0.05) is 0 Å². The van der Waals surface area contributed by atoms with Gasteiger partial charge in [0.15, 0.2) is 0 Å². The van der Waals surface area contributed by atoms with Gasteiger partial charge in [0.2, 0.25) is 5.91 Å². The Balaban J connectivity index is 1.76. The molecule has 0 aromatic heterocycles. The van der Waals surface area contributed by atoms with Gasteiger partial charge in [0.05, 0.1) is 18.5 Å². The number of piperidine rings is 1. The van der Waals surface area contributed by atoms with E-state index in [1.165, 1.54) is 6.26 Å². The molecule has 146 valence electrons. The molecule has 0 aromatic carbocycles. The van der Waals surface area contributed by atoms with Gasteiger partial charge in [-0.15, -0.1) is 0 Å². The van der Waals surface area contributed by atoms with Crippen LogP contribution in [0.1, 0.15) is 46.0 Å². The predicted molar refractivity (Wildman–Crippen MR) is 99.3 cm³/mol. The number of nitrogens with zero attached hydrogens (tertiary/aromatic N) is 2. The van der Waals surface area contributed by atoms with Crippen LogP contribution >= 0.6 is 0 Å². The number of carbonyl (C=O) groups is 1. The Hall–Kier alpha value is -0.660. The predicted octanol–water partition coefficient (Wildman–Crippen LogP) is 1.55. The van der Waals surface area contributed by atoms with Crippen molar-refractivity contribution in [3.05, 3.63) is 0 Å². The fourth-order valence-corrected chi connectivity index (χ4v) is 4.19. The van der Waals surface area contributed by atoms with Crippen LogP contribution in [0.3, 0.4) is 0 Å². The molecule has 6 nitrogen and oxygen atoms in total. The van der Waals surface area contributed by atoms with Crippen LogP contribution in [0.4, 0.5) is 0 Å². The van der Waals surface area contributed by atoms with Crippen molar-refractivity contribution in [2.75, 3.05) is 45.3 Å². The number of ether oxygens (including phenoxy) is 1. The maximum Gasteiger partial charge on any atom is 0.223 e. The van der Waals surface area contributed by atoms with E-state index in [9.17, 15) is 13.2 Å². The van der Waals surface area contributed by atoms with E-state index in [1.54, 1.807) is 0 Å². The molecule has 2 saturated heterocycles. The first-order valence-corrected chi connectivity index (χ1v) is 11.4. The summed E-state index contributed by atoms with van der Waals surface area (Å²) in [6.07, 6.45) is 5.76. The Bertz CT molecular complexity index is 543. The second-order valence-electron chi connectivity index (χ2n) is 8.27. The zero-order valence-corrected chi connectivity index (χ0v) is 17.0. The lowest BCUT2D eigenvalue weighted by molar-refractivity contribution is -0.137.